The van der Waals surface area contributed by atoms with Crippen molar-refractivity contribution in [2.24, 2.45) is 0 Å². The van der Waals surface area contributed by atoms with E-state index in [1.165, 1.54) is 16.9 Å². The number of nitrogens with one attached hydrogen (secondary N) is 1. The fourth-order valence-corrected chi connectivity index (χ4v) is 3.97. The van der Waals surface area contributed by atoms with Crippen molar-refractivity contribution in [3.05, 3.63) is 59.5 Å². The molecule has 1 N–H and O–H groups in total. The Bertz CT molecular complexity index is 897. The summed E-state index contributed by atoms with van der Waals surface area (Å²) in [5.74, 6) is 2.46. The SMILES string of the molecule is COc1ccc(-c2csc(NC(=O)CSCc3ccccc3)n2)cc1OC. The molecule has 27 heavy (non-hydrogen) atoms. The molecule has 0 unspecified atom stereocenters. The van der Waals surface area contributed by atoms with Crippen LogP contribution in [0.1, 0.15) is 5.56 Å². The Balaban J connectivity index is 1.56. The van der Waals surface area contributed by atoms with Crippen LogP contribution >= 0.6 is 23.1 Å². The van der Waals surface area contributed by atoms with Gasteiger partial charge in [0.25, 0.3) is 0 Å². The number of amides is 1. The molecule has 0 aliphatic heterocycles. The van der Waals surface area contributed by atoms with Crippen LogP contribution in [-0.4, -0.2) is 30.9 Å². The fourth-order valence-electron chi connectivity index (χ4n) is 2.45. The van der Waals surface area contributed by atoms with E-state index in [9.17, 15) is 4.79 Å². The van der Waals surface area contributed by atoms with Gasteiger partial charge in [0.1, 0.15) is 0 Å². The van der Waals surface area contributed by atoms with Gasteiger partial charge in [-0.2, -0.15) is 0 Å². The van der Waals surface area contributed by atoms with Gasteiger partial charge in [0, 0.05) is 16.7 Å². The third-order valence-corrected chi connectivity index (χ3v) is 5.54. The van der Waals surface area contributed by atoms with Crippen LogP contribution in [0.4, 0.5) is 5.13 Å². The lowest BCUT2D eigenvalue weighted by molar-refractivity contribution is -0.113. The third kappa shape index (κ3) is 5.24. The molecule has 2 aromatic carbocycles. The average Bonchev–Trinajstić information content (AvgIpc) is 3.16. The van der Waals surface area contributed by atoms with E-state index in [1.54, 1.807) is 26.0 Å². The minimum atomic E-state index is -0.0517. The molecule has 0 aliphatic rings. The van der Waals surface area contributed by atoms with Gasteiger partial charge in [-0.1, -0.05) is 30.3 Å². The van der Waals surface area contributed by atoms with Gasteiger partial charge in [-0.15, -0.1) is 23.1 Å². The Labute approximate surface area is 166 Å². The first-order valence-corrected chi connectivity index (χ1v) is 10.3. The van der Waals surface area contributed by atoms with Crippen LogP contribution in [0.2, 0.25) is 0 Å². The summed E-state index contributed by atoms with van der Waals surface area (Å²) >= 11 is 2.98. The predicted molar refractivity (Wildman–Crippen MR) is 112 cm³/mol. The molecule has 0 fully saturated rings. The van der Waals surface area contributed by atoms with E-state index in [0.717, 1.165) is 17.0 Å². The van der Waals surface area contributed by atoms with Gasteiger partial charge in [0.05, 0.1) is 25.7 Å². The van der Waals surface area contributed by atoms with Gasteiger partial charge in [-0.05, 0) is 23.8 Å². The number of carbonyl (C=O) groups excluding carboxylic acids is 1. The van der Waals surface area contributed by atoms with E-state index in [2.05, 4.69) is 22.4 Å². The molecular formula is C20H20N2O3S2. The Morgan fingerprint density at radius 1 is 1.11 bits per heavy atom. The number of thioether (sulfide) groups is 1. The number of nitrogens with zero attached hydrogens (tertiary/aromatic N) is 1. The van der Waals surface area contributed by atoms with Crippen molar-refractivity contribution in [3.8, 4) is 22.8 Å². The lowest BCUT2D eigenvalue weighted by atomic mass is 10.1. The van der Waals surface area contributed by atoms with Crippen molar-refractivity contribution < 1.29 is 14.3 Å². The maximum atomic E-state index is 12.1. The number of ether oxygens (including phenoxy) is 2. The van der Waals surface area contributed by atoms with Gasteiger partial charge >= 0.3 is 0 Å². The van der Waals surface area contributed by atoms with Gasteiger partial charge in [-0.3, -0.25) is 4.79 Å². The minimum absolute atomic E-state index is 0.0517. The molecule has 7 heteroatoms. The predicted octanol–water partition coefficient (Wildman–Crippen LogP) is 4.70. The van der Waals surface area contributed by atoms with Crippen molar-refractivity contribution in [3.63, 3.8) is 0 Å². The van der Waals surface area contributed by atoms with Gasteiger partial charge in [0.2, 0.25) is 5.91 Å². The molecule has 0 radical (unpaired) electrons. The summed E-state index contributed by atoms with van der Waals surface area (Å²) in [4.78, 5) is 16.6. The zero-order valence-corrected chi connectivity index (χ0v) is 16.7. The maximum absolute atomic E-state index is 12.1. The number of hydrogen-bond donors (Lipinski definition) is 1. The monoisotopic (exact) mass is 400 g/mol. The lowest BCUT2D eigenvalue weighted by Crippen LogP contribution is -2.13. The Morgan fingerprint density at radius 2 is 1.89 bits per heavy atom. The molecule has 1 heterocycles. The van der Waals surface area contributed by atoms with E-state index in [-0.39, 0.29) is 5.91 Å². The summed E-state index contributed by atoms with van der Waals surface area (Å²) in [6.07, 6.45) is 0. The van der Waals surface area contributed by atoms with Crippen molar-refractivity contribution >= 4 is 34.1 Å². The normalized spacial score (nSPS) is 10.4. The first-order chi connectivity index (χ1) is 13.2. The number of aromatic nitrogens is 1. The molecule has 1 aromatic heterocycles. The van der Waals surface area contributed by atoms with Crippen molar-refractivity contribution in [2.75, 3.05) is 25.3 Å². The summed E-state index contributed by atoms with van der Waals surface area (Å²) in [5, 5.41) is 5.36. The summed E-state index contributed by atoms with van der Waals surface area (Å²) in [6, 6.07) is 15.7. The van der Waals surface area contributed by atoms with Crippen molar-refractivity contribution in [1.29, 1.82) is 0 Å². The second kappa shape index (κ2) is 9.43. The fraction of sp³-hybridized carbons (Fsp3) is 0.200. The number of thiazole rings is 1. The molecule has 1 amide bonds. The number of hydrogen-bond acceptors (Lipinski definition) is 6. The molecule has 0 spiro atoms. The first-order valence-electron chi connectivity index (χ1n) is 8.29. The molecule has 140 valence electrons. The molecule has 0 saturated carbocycles. The van der Waals surface area contributed by atoms with Crippen LogP contribution in [0.3, 0.4) is 0 Å². The lowest BCUT2D eigenvalue weighted by Gasteiger charge is -2.08. The number of rotatable bonds is 8. The highest BCUT2D eigenvalue weighted by atomic mass is 32.2. The van der Waals surface area contributed by atoms with E-state index in [0.29, 0.717) is 22.4 Å². The maximum Gasteiger partial charge on any atom is 0.236 e. The number of methoxy groups -OCH3 is 2. The van der Waals surface area contributed by atoms with E-state index in [4.69, 9.17) is 9.47 Å². The Morgan fingerprint density at radius 3 is 2.63 bits per heavy atom. The highest BCUT2D eigenvalue weighted by molar-refractivity contribution is 7.99. The van der Waals surface area contributed by atoms with Crippen molar-refractivity contribution in [1.82, 2.24) is 4.98 Å². The van der Waals surface area contributed by atoms with Crippen molar-refractivity contribution in [2.45, 2.75) is 5.75 Å². The zero-order valence-electron chi connectivity index (χ0n) is 15.1. The van der Waals surface area contributed by atoms with E-state index >= 15 is 0 Å². The molecule has 3 aromatic rings. The van der Waals surface area contributed by atoms with Crippen LogP contribution in [-0.2, 0) is 10.5 Å². The van der Waals surface area contributed by atoms with Crippen LogP contribution in [0.25, 0.3) is 11.3 Å². The minimum Gasteiger partial charge on any atom is -0.493 e. The highest BCUT2D eigenvalue weighted by Gasteiger charge is 2.11. The number of anilines is 1. The molecule has 0 saturated heterocycles. The first kappa shape index (κ1) is 19.3. The molecule has 5 nitrogen and oxygen atoms in total. The van der Waals surface area contributed by atoms with Crippen LogP contribution < -0.4 is 14.8 Å². The number of benzene rings is 2. The molecule has 0 atom stereocenters. The van der Waals surface area contributed by atoms with Gasteiger partial charge in [0.15, 0.2) is 16.6 Å². The molecular weight excluding hydrogens is 380 g/mol. The Hall–Kier alpha value is -2.51. The molecule has 0 bridgehead atoms. The number of carbonyl (C=O) groups is 1. The molecule has 3 rings (SSSR count). The second-order valence-corrected chi connectivity index (χ2v) is 7.48. The van der Waals surface area contributed by atoms with E-state index in [1.807, 2.05) is 41.8 Å². The summed E-state index contributed by atoms with van der Waals surface area (Å²) in [7, 11) is 3.20. The Kier molecular flexibility index (Phi) is 6.73. The third-order valence-electron chi connectivity index (χ3n) is 3.77. The highest BCUT2D eigenvalue weighted by Crippen LogP contribution is 2.33. The largest absolute Gasteiger partial charge is 0.493 e. The topological polar surface area (TPSA) is 60.5 Å². The zero-order chi connectivity index (χ0) is 19.1. The van der Waals surface area contributed by atoms with Crippen LogP contribution in [0.15, 0.2) is 53.9 Å². The van der Waals surface area contributed by atoms with Crippen LogP contribution in [0.5, 0.6) is 11.5 Å². The standard InChI is InChI=1S/C20H20N2O3S2/c1-24-17-9-8-15(10-18(17)25-2)16-12-27-20(21-16)22-19(23)13-26-11-14-6-4-3-5-7-14/h3-10,12H,11,13H2,1-2H3,(H,21,22,23). The van der Waals surface area contributed by atoms with Gasteiger partial charge < -0.3 is 14.8 Å². The van der Waals surface area contributed by atoms with Gasteiger partial charge in [-0.25, -0.2) is 4.98 Å². The summed E-state index contributed by atoms with van der Waals surface area (Å²) < 4.78 is 10.6. The van der Waals surface area contributed by atoms with E-state index < -0.39 is 0 Å². The smallest absolute Gasteiger partial charge is 0.236 e. The average molecular weight is 401 g/mol. The summed E-state index contributed by atoms with van der Waals surface area (Å²) in [6.45, 7) is 0. The van der Waals surface area contributed by atoms with Crippen LogP contribution in [0, 0.1) is 0 Å². The second-order valence-electron chi connectivity index (χ2n) is 5.63. The quantitative estimate of drug-likeness (QED) is 0.594. The summed E-state index contributed by atoms with van der Waals surface area (Å²) in [5.41, 5.74) is 2.90. The molecule has 0 aliphatic carbocycles.